The summed E-state index contributed by atoms with van der Waals surface area (Å²) < 4.78 is 6.39. The third kappa shape index (κ3) is 2.51. The zero-order valence-corrected chi connectivity index (χ0v) is 10.1. The SMILES string of the molecule is O=C(O)N1CCO[C@@H](c2ccc(Br)cn2)C1. The second-order valence-electron chi connectivity index (χ2n) is 3.49. The van der Waals surface area contributed by atoms with Crippen molar-refractivity contribution in [3.63, 3.8) is 0 Å². The first-order valence-corrected chi connectivity index (χ1v) is 5.67. The molecule has 16 heavy (non-hydrogen) atoms. The smallest absolute Gasteiger partial charge is 0.407 e. The predicted octanol–water partition coefficient (Wildman–Crippen LogP) is 1.90. The summed E-state index contributed by atoms with van der Waals surface area (Å²) in [6.07, 6.45) is 0.502. The van der Waals surface area contributed by atoms with E-state index in [9.17, 15) is 4.79 Å². The number of carbonyl (C=O) groups is 1. The van der Waals surface area contributed by atoms with Crippen molar-refractivity contribution < 1.29 is 14.6 Å². The molecule has 1 aliphatic rings. The van der Waals surface area contributed by atoms with Crippen LogP contribution in [-0.2, 0) is 4.74 Å². The van der Waals surface area contributed by atoms with Crippen LogP contribution in [0.1, 0.15) is 11.8 Å². The minimum absolute atomic E-state index is 0.266. The molecule has 2 heterocycles. The van der Waals surface area contributed by atoms with E-state index in [4.69, 9.17) is 9.84 Å². The Morgan fingerprint density at radius 1 is 1.62 bits per heavy atom. The topological polar surface area (TPSA) is 62.7 Å². The molecule has 0 radical (unpaired) electrons. The maximum absolute atomic E-state index is 10.8. The molecule has 0 aromatic carbocycles. The van der Waals surface area contributed by atoms with E-state index < -0.39 is 6.09 Å². The molecule has 5 nitrogen and oxygen atoms in total. The average molecular weight is 287 g/mol. The molecule has 1 aromatic heterocycles. The first-order chi connectivity index (χ1) is 7.66. The second kappa shape index (κ2) is 4.80. The zero-order chi connectivity index (χ0) is 11.5. The molecule has 0 saturated carbocycles. The molecule has 0 unspecified atom stereocenters. The third-order valence-electron chi connectivity index (χ3n) is 2.42. The van der Waals surface area contributed by atoms with Gasteiger partial charge in [-0.25, -0.2) is 4.79 Å². The molecule has 1 saturated heterocycles. The molecule has 1 aliphatic heterocycles. The van der Waals surface area contributed by atoms with E-state index in [-0.39, 0.29) is 6.10 Å². The molecular formula is C10H11BrN2O3. The summed E-state index contributed by atoms with van der Waals surface area (Å²) in [6.45, 7) is 1.17. The van der Waals surface area contributed by atoms with Gasteiger partial charge in [-0.05, 0) is 28.1 Å². The van der Waals surface area contributed by atoms with Crippen molar-refractivity contribution in [2.24, 2.45) is 0 Å². The fraction of sp³-hybridized carbons (Fsp3) is 0.400. The molecule has 1 aromatic rings. The Hall–Kier alpha value is -1.14. The van der Waals surface area contributed by atoms with E-state index in [2.05, 4.69) is 20.9 Å². The quantitative estimate of drug-likeness (QED) is 0.856. The van der Waals surface area contributed by atoms with Gasteiger partial charge in [-0.1, -0.05) is 0 Å². The average Bonchev–Trinajstić information content (AvgIpc) is 2.30. The lowest BCUT2D eigenvalue weighted by Crippen LogP contribution is -2.41. The lowest BCUT2D eigenvalue weighted by molar-refractivity contribution is -0.0252. The van der Waals surface area contributed by atoms with Crippen molar-refractivity contribution in [2.75, 3.05) is 19.7 Å². The van der Waals surface area contributed by atoms with Gasteiger partial charge in [0.15, 0.2) is 0 Å². The van der Waals surface area contributed by atoms with Gasteiger partial charge in [0.05, 0.1) is 18.8 Å². The number of hydrogen-bond donors (Lipinski definition) is 1. The van der Waals surface area contributed by atoms with Crippen LogP contribution in [0.2, 0.25) is 0 Å². The van der Waals surface area contributed by atoms with Gasteiger partial charge in [0.25, 0.3) is 0 Å². The van der Waals surface area contributed by atoms with Gasteiger partial charge in [-0.15, -0.1) is 0 Å². The fourth-order valence-corrected chi connectivity index (χ4v) is 1.81. The molecule has 2 rings (SSSR count). The predicted molar refractivity (Wildman–Crippen MR) is 60.2 cm³/mol. The van der Waals surface area contributed by atoms with Gasteiger partial charge in [0.1, 0.15) is 6.10 Å². The van der Waals surface area contributed by atoms with Crippen molar-refractivity contribution in [3.8, 4) is 0 Å². The van der Waals surface area contributed by atoms with E-state index in [0.29, 0.717) is 19.7 Å². The molecule has 1 fully saturated rings. The molecule has 0 bridgehead atoms. The van der Waals surface area contributed by atoms with Gasteiger partial charge in [0, 0.05) is 17.2 Å². The summed E-state index contributed by atoms with van der Waals surface area (Å²) >= 11 is 3.30. The monoisotopic (exact) mass is 286 g/mol. The van der Waals surface area contributed by atoms with Crippen LogP contribution in [-0.4, -0.2) is 40.8 Å². The summed E-state index contributed by atoms with van der Waals surface area (Å²) in [4.78, 5) is 16.4. The van der Waals surface area contributed by atoms with Crippen LogP contribution >= 0.6 is 15.9 Å². The Morgan fingerprint density at radius 3 is 3.06 bits per heavy atom. The minimum Gasteiger partial charge on any atom is -0.465 e. The number of halogens is 1. The van der Waals surface area contributed by atoms with Crippen LogP contribution in [0.15, 0.2) is 22.8 Å². The summed E-state index contributed by atoms with van der Waals surface area (Å²) in [5.74, 6) is 0. The number of pyridine rings is 1. The van der Waals surface area contributed by atoms with Crippen molar-refractivity contribution in [3.05, 3.63) is 28.5 Å². The normalized spacial score (nSPS) is 20.8. The molecule has 1 N–H and O–H groups in total. The van der Waals surface area contributed by atoms with Crippen molar-refractivity contribution in [1.82, 2.24) is 9.88 Å². The van der Waals surface area contributed by atoms with E-state index in [1.54, 1.807) is 6.20 Å². The summed E-state index contributed by atoms with van der Waals surface area (Å²) in [6, 6.07) is 3.70. The lowest BCUT2D eigenvalue weighted by atomic mass is 10.2. The maximum atomic E-state index is 10.8. The van der Waals surface area contributed by atoms with Crippen LogP contribution in [0.3, 0.4) is 0 Å². The van der Waals surface area contributed by atoms with E-state index in [1.807, 2.05) is 12.1 Å². The van der Waals surface area contributed by atoms with Crippen molar-refractivity contribution in [1.29, 1.82) is 0 Å². The highest BCUT2D eigenvalue weighted by Crippen LogP contribution is 2.21. The number of nitrogens with zero attached hydrogens (tertiary/aromatic N) is 2. The van der Waals surface area contributed by atoms with Gasteiger partial charge < -0.3 is 14.7 Å². The molecule has 0 spiro atoms. The minimum atomic E-state index is -0.912. The van der Waals surface area contributed by atoms with Crippen molar-refractivity contribution in [2.45, 2.75) is 6.10 Å². The molecule has 86 valence electrons. The van der Waals surface area contributed by atoms with E-state index in [0.717, 1.165) is 10.2 Å². The largest absolute Gasteiger partial charge is 0.465 e. The summed E-state index contributed by atoms with van der Waals surface area (Å²) in [5.41, 5.74) is 0.758. The Balaban J connectivity index is 2.09. The van der Waals surface area contributed by atoms with Gasteiger partial charge in [-0.3, -0.25) is 4.98 Å². The molecule has 6 heteroatoms. The zero-order valence-electron chi connectivity index (χ0n) is 8.47. The summed E-state index contributed by atoms with van der Waals surface area (Å²) in [5, 5.41) is 8.89. The molecular weight excluding hydrogens is 276 g/mol. The number of ether oxygens (including phenoxy) is 1. The standard InChI is InChI=1S/C10H11BrN2O3/c11-7-1-2-8(12-5-7)9-6-13(10(14)15)3-4-16-9/h1-2,5,9H,3-4,6H2,(H,14,15)/t9-/m1/s1. The van der Waals surface area contributed by atoms with Crippen LogP contribution in [0.25, 0.3) is 0 Å². The van der Waals surface area contributed by atoms with Crippen LogP contribution in [0.5, 0.6) is 0 Å². The fourth-order valence-electron chi connectivity index (χ4n) is 1.58. The highest BCUT2D eigenvalue weighted by molar-refractivity contribution is 9.10. The second-order valence-corrected chi connectivity index (χ2v) is 4.40. The Kier molecular flexibility index (Phi) is 3.40. The Bertz CT molecular complexity index is 382. The van der Waals surface area contributed by atoms with Crippen LogP contribution in [0.4, 0.5) is 4.79 Å². The van der Waals surface area contributed by atoms with Crippen LogP contribution < -0.4 is 0 Å². The molecule has 1 atom stereocenters. The van der Waals surface area contributed by atoms with Gasteiger partial charge in [0.2, 0.25) is 0 Å². The van der Waals surface area contributed by atoms with E-state index in [1.165, 1.54) is 4.90 Å². The Labute approximate surface area is 101 Å². The Morgan fingerprint density at radius 2 is 2.44 bits per heavy atom. The number of rotatable bonds is 1. The number of aromatic nitrogens is 1. The van der Waals surface area contributed by atoms with Crippen LogP contribution in [0, 0.1) is 0 Å². The third-order valence-corrected chi connectivity index (χ3v) is 2.89. The lowest BCUT2D eigenvalue weighted by Gasteiger charge is -2.30. The first kappa shape index (κ1) is 11.3. The molecule has 0 aliphatic carbocycles. The number of hydrogen-bond acceptors (Lipinski definition) is 3. The highest BCUT2D eigenvalue weighted by atomic mass is 79.9. The molecule has 1 amide bonds. The first-order valence-electron chi connectivity index (χ1n) is 4.88. The number of amides is 1. The van der Waals surface area contributed by atoms with E-state index >= 15 is 0 Å². The maximum Gasteiger partial charge on any atom is 0.407 e. The summed E-state index contributed by atoms with van der Waals surface area (Å²) in [7, 11) is 0. The number of carboxylic acid groups (broad SMARTS) is 1. The van der Waals surface area contributed by atoms with Crippen molar-refractivity contribution >= 4 is 22.0 Å². The van der Waals surface area contributed by atoms with Gasteiger partial charge in [-0.2, -0.15) is 0 Å². The number of morpholine rings is 1. The van der Waals surface area contributed by atoms with Gasteiger partial charge >= 0.3 is 6.09 Å². The highest BCUT2D eigenvalue weighted by Gasteiger charge is 2.25.